The predicted molar refractivity (Wildman–Crippen MR) is 247 cm³/mol. The summed E-state index contributed by atoms with van der Waals surface area (Å²) in [7, 11) is 3.13. The van der Waals surface area contributed by atoms with Crippen molar-refractivity contribution in [2.75, 3.05) is 27.4 Å². The zero-order chi connectivity index (χ0) is 46.6. The molecule has 0 spiro atoms. The van der Waals surface area contributed by atoms with Gasteiger partial charge in [-0.2, -0.15) is 0 Å². The van der Waals surface area contributed by atoms with Crippen LogP contribution in [0.25, 0.3) is 0 Å². The molecular formula is C52H80N2O10. The van der Waals surface area contributed by atoms with Crippen LogP contribution in [0.3, 0.4) is 0 Å². The number of ether oxygens (including phenoxy) is 5. The Balaban J connectivity index is 1.46. The summed E-state index contributed by atoms with van der Waals surface area (Å²) in [6.45, 7) is 15.6. The number of rotatable bonds is 11. The molecule has 3 aliphatic heterocycles. The first-order valence-electron chi connectivity index (χ1n) is 24.4. The number of aliphatic hydroxyl groups is 1. The van der Waals surface area contributed by atoms with Crippen LogP contribution in [0.2, 0.25) is 0 Å². The second kappa shape index (κ2) is 24.5. The molecule has 12 nitrogen and oxygen atoms in total. The lowest BCUT2D eigenvalue weighted by Gasteiger charge is -2.47. The monoisotopic (exact) mass is 893 g/mol. The number of nitrogens with zero attached hydrogens (tertiary/aromatic N) is 1. The first kappa shape index (κ1) is 51.7. The van der Waals surface area contributed by atoms with Crippen molar-refractivity contribution in [3.8, 4) is 0 Å². The van der Waals surface area contributed by atoms with Gasteiger partial charge in [-0.1, -0.05) is 82.7 Å². The van der Waals surface area contributed by atoms with Gasteiger partial charge in [0.2, 0.25) is 5.79 Å². The molecule has 2 saturated heterocycles. The van der Waals surface area contributed by atoms with Gasteiger partial charge < -0.3 is 39.0 Å². The SMILES string of the molecule is CCCOC1CC(C=C(C)C2OC(=O)C3CCCCN3C(=O)C(=O)C3(O)OC(C(OC)CC(C)CC(C)=CC(CC)C(=O)CCC2C)C(OC)CC3C)CCC1NCc1ccccc1. The number of hydrogen-bond acceptors (Lipinski definition) is 11. The number of carbonyl (C=O) groups excluding carboxylic acids is 4. The van der Waals surface area contributed by atoms with E-state index in [1.165, 1.54) is 10.5 Å². The molecule has 2 N–H and O–H groups in total. The van der Waals surface area contributed by atoms with Gasteiger partial charge >= 0.3 is 5.97 Å². The molecule has 1 aliphatic carbocycles. The number of hydrogen-bond donors (Lipinski definition) is 2. The molecule has 4 aliphatic rings. The second-order valence-electron chi connectivity index (χ2n) is 19.6. The summed E-state index contributed by atoms with van der Waals surface area (Å²) < 4.78 is 31.1. The number of cyclic esters (lactones) is 1. The van der Waals surface area contributed by atoms with Crippen molar-refractivity contribution in [3.63, 3.8) is 0 Å². The third-order valence-corrected chi connectivity index (χ3v) is 14.4. The van der Waals surface area contributed by atoms with E-state index in [1.54, 1.807) is 21.1 Å². The molecule has 0 radical (unpaired) electrons. The molecule has 1 saturated carbocycles. The van der Waals surface area contributed by atoms with E-state index < -0.39 is 59.8 Å². The van der Waals surface area contributed by atoms with Gasteiger partial charge in [0.25, 0.3) is 11.7 Å². The molecule has 2 bridgehead atoms. The molecular weight excluding hydrogens is 813 g/mol. The smallest absolute Gasteiger partial charge is 0.329 e. The third kappa shape index (κ3) is 13.2. The molecule has 13 atom stereocenters. The molecule has 64 heavy (non-hydrogen) atoms. The summed E-state index contributed by atoms with van der Waals surface area (Å²) in [5.41, 5.74) is 3.22. The third-order valence-electron chi connectivity index (χ3n) is 14.4. The van der Waals surface area contributed by atoms with Crippen molar-refractivity contribution in [1.29, 1.82) is 0 Å². The van der Waals surface area contributed by atoms with Crippen molar-refractivity contribution in [2.24, 2.45) is 29.6 Å². The van der Waals surface area contributed by atoms with Crippen LogP contribution in [0.1, 0.15) is 138 Å². The van der Waals surface area contributed by atoms with E-state index >= 15 is 0 Å². The summed E-state index contributed by atoms with van der Waals surface area (Å²) >= 11 is 0. The molecule has 3 fully saturated rings. The Hall–Kier alpha value is -3.26. The molecule has 1 amide bonds. The van der Waals surface area contributed by atoms with Crippen LogP contribution in [-0.4, -0.2) is 109 Å². The number of esters is 1. The van der Waals surface area contributed by atoms with Gasteiger partial charge in [0.15, 0.2) is 0 Å². The predicted octanol–water partition coefficient (Wildman–Crippen LogP) is 8.08. The highest BCUT2D eigenvalue weighted by Crippen LogP contribution is 2.39. The molecule has 1 aromatic rings. The van der Waals surface area contributed by atoms with Crippen LogP contribution in [0.4, 0.5) is 0 Å². The summed E-state index contributed by atoms with van der Waals surface area (Å²) in [6.07, 6.45) is 9.87. The van der Waals surface area contributed by atoms with Gasteiger partial charge in [-0.3, -0.25) is 14.4 Å². The summed E-state index contributed by atoms with van der Waals surface area (Å²) in [6, 6.07) is 9.56. The zero-order valence-electron chi connectivity index (χ0n) is 40.4. The van der Waals surface area contributed by atoms with E-state index in [4.69, 9.17) is 23.7 Å². The number of methoxy groups -OCH3 is 2. The van der Waals surface area contributed by atoms with Crippen LogP contribution in [0, 0.1) is 29.6 Å². The summed E-state index contributed by atoms with van der Waals surface area (Å²) in [4.78, 5) is 58.5. The highest BCUT2D eigenvalue weighted by molar-refractivity contribution is 6.39. The second-order valence-corrected chi connectivity index (χ2v) is 19.6. The maximum Gasteiger partial charge on any atom is 0.329 e. The van der Waals surface area contributed by atoms with E-state index in [0.29, 0.717) is 58.0 Å². The Kier molecular flexibility index (Phi) is 19.8. The van der Waals surface area contributed by atoms with Gasteiger partial charge in [0, 0.05) is 58.2 Å². The maximum absolute atomic E-state index is 14.5. The van der Waals surface area contributed by atoms with E-state index in [2.05, 4.69) is 62.5 Å². The topological polar surface area (TPSA) is 150 Å². The van der Waals surface area contributed by atoms with Gasteiger partial charge in [0.05, 0.1) is 18.3 Å². The minimum absolute atomic E-state index is 0.0127. The van der Waals surface area contributed by atoms with Crippen LogP contribution >= 0.6 is 0 Å². The maximum atomic E-state index is 14.5. The van der Waals surface area contributed by atoms with Gasteiger partial charge in [0.1, 0.15) is 24.0 Å². The fourth-order valence-electron chi connectivity index (χ4n) is 10.7. The number of amides is 1. The average molecular weight is 893 g/mol. The van der Waals surface area contributed by atoms with Crippen molar-refractivity contribution >= 4 is 23.4 Å². The highest BCUT2D eigenvalue weighted by Gasteiger charge is 2.56. The first-order chi connectivity index (χ1) is 30.6. The average Bonchev–Trinajstić information content (AvgIpc) is 3.29. The van der Waals surface area contributed by atoms with Crippen LogP contribution in [0.5, 0.6) is 0 Å². The van der Waals surface area contributed by atoms with Gasteiger partial charge in [-0.25, -0.2) is 4.79 Å². The molecule has 5 rings (SSSR count). The normalized spacial score (nSPS) is 35.8. The lowest BCUT2D eigenvalue weighted by atomic mass is 9.81. The van der Waals surface area contributed by atoms with Crippen molar-refractivity contribution in [1.82, 2.24) is 10.2 Å². The fourth-order valence-corrected chi connectivity index (χ4v) is 10.7. The Labute approximate surface area is 383 Å². The summed E-state index contributed by atoms with van der Waals surface area (Å²) in [5, 5.41) is 15.9. The molecule has 0 aromatic heterocycles. The molecule has 1 aromatic carbocycles. The van der Waals surface area contributed by atoms with Gasteiger partial charge in [-0.15, -0.1) is 0 Å². The Morgan fingerprint density at radius 3 is 2.34 bits per heavy atom. The number of carbonyl (C=O) groups is 4. The Morgan fingerprint density at radius 1 is 0.938 bits per heavy atom. The Morgan fingerprint density at radius 2 is 1.66 bits per heavy atom. The van der Waals surface area contributed by atoms with E-state index in [9.17, 15) is 24.3 Å². The lowest BCUT2D eigenvalue weighted by Crippen LogP contribution is -2.64. The minimum atomic E-state index is -2.46. The summed E-state index contributed by atoms with van der Waals surface area (Å²) in [5.74, 6) is -5.97. The first-order valence-corrected chi connectivity index (χ1v) is 24.4. The van der Waals surface area contributed by atoms with Crippen molar-refractivity contribution in [2.45, 2.75) is 187 Å². The number of fused-ring (bicyclic) bond motifs is 3. The standard InChI is InChI=1S/C52H80N2O10/c1-10-25-62-44-31-39(21-22-41(44)53-32-38-17-13-12-14-18-38)29-36(6)47-35(5)20-23-43(55)40(11-2)27-33(3)26-34(4)28-45(60-8)48-46(61-9)30-37(7)52(59,64-48)49(56)50(57)54-24-16-15-19-42(54)51(58)63-47/h12-14,17-18,27,29,34-35,37,39-42,44-48,53,59H,10-11,15-16,19-26,28,30-32H2,1-9H3. The van der Waals surface area contributed by atoms with Crippen molar-refractivity contribution in [3.05, 3.63) is 59.2 Å². The van der Waals surface area contributed by atoms with E-state index in [0.717, 1.165) is 43.4 Å². The fraction of sp³-hybridized carbons (Fsp3) is 0.731. The number of ketones is 2. The zero-order valence-corrected chi connectivity index (χ0v) is 40.4. The molecule has 12 heteroatoms. The number of nitrogens with one attached hydrogen (secondary N) is 1. The molecule has 13 unspecified atom stereocenters. The van der Waals surface area contributed by atoms with Crippen molar-refractivity contribution < 1.29 is 48.0 Å². The van der Waals surface area contributed by atoms with E-state index in [1.807, 2.05) is 26.8 Å². The number of benzene rings is 1. The van der Waals surface area contributed by atoms with Crippen LogP contribution < -0.4 is 5.32 Å². The lowest BCUT2D eigenvalue weighted by molar-refractivity contribution is -0.302. The highest BCUT2D eigenvalue weighted by atomic mass is 16.7. The molecule has 358 valence electrons. The minimum Gasteiger partial charge on any atom is -0.456 e. The number of piperidine rings is 1. The Bertz CT molecular complexity index is 1750. The molecule has 3 heterocycles. The number of Topliss-reactive ketones (excluding diaryl/α,β-unsaturated/α-hetero) is 2. The van der Waals surface area contributed by atoms with E-state index in [-0.39, 0.29) is 54.6 Å². The van der Waals surface area contributed by atoms with Crippen LogP contribution in [-0.2, 0) is 49.4 Å². The largest absolute Gasteiger partial charge is 0.456 e. The van der Waals surface area contributed by atoms with Crippen LogP contribution in [0.15, 0.2) is 53.6 Å². The number of allylic oxidation sites excluding steroid dienone is 3. The quantitative estimate of drug-likeness (QED) is 0.126. The van der Waals surface area contributed by atoms with Gasteiger partial charge in [-0.05, 0) is 120 Å².